The topological polar surface area (TPSA) is 46.5 Å². The second-order valence-corrected chi connectivity index (χ2v) is 8.67. The standard InChI is InChI=1S/C18H18I2O3/c1-18(2,3)14-7-5-4-6-11(14)10-23-16-13(17(21)22)8-12(19)9-15(16)20/h4-9H,10H2,1-3H3,(H,21,22). The summed E-state index contributed by atoms with van der Waals surface area (Å²) in [4.78, 5) is 11.5. The highest BCUT2D eigenvalue weighted by atomic mass is 127. The van der Waals surface area contributed by atoms with E-state index < -0.39 is 5.97 Å². The lowest BCUT2D eigenvalue weighted by Gasteiger charge is -2.23. The molecule has 2 rings (SSSR count). The molecule has 0 aliphatic heterocycles. The fourth-order valence-corrected chi connectivity index (χ4v) is 4.39. The summed E-state index contributed by atoms with van der Waals surface area (Å²) in [6, 6.07) is 11.7. The number of carbonyl (C=O) groups is 1. The van der Waals surface area contributed by atoms with Crippen molar-refractivity contribution < 1.29 is 14.6 Å². The molecular weight excluding hydrogens is 518 g/mol. The summed E-state index contributed by atoms with van der Waals surface area (Å²) < 4.78 is 7.60. The Hall–Kier alpha value is -0.830. The highest BCUT2D eigenvalue weighted by Crippen LogP contribution is 2.31. The van der Waals surface area contributed by atoms with Crippen LogP contribution in [0.15, 0.2) is 36.4 Å². The lowest BCUT2D eigenvalue weighted by molar-refractivity contribution is 0.0691. The van der Waals surface area contributed by atoms with Crippen LogP contribution in [0.5, 0.6) is 5.75 Å². The van der Waals surface area contributed by atoms with Gasteiger partial charge in [-0.2, -0.15) is 0 Å². The predicted molar refractivity (Wildman–Crippen MR) is 108 cm³/mol. The molecule has 0 aliphatic rings. The van der Waals surface area contributed by atoms with Gasteiger partial charge >= 0.3 is 5.97 Å². The number of hydrogen-bond acceptors (Lipinski definition) is 2. The Morgan fingerprint density at radius 2 is 1.83 bits per heavy atom. The van der Waals surface area contributed by atoms with Gasteiger partial charge in [0.25, 0.3) is 0 Å². The molecule has 2 aromatic carbocycles. The third-order valence-corrected chi connectivity index (χ3v) is 4.86. The van der Waals surface area contributed by atoms with Gasteiger partial charge in [-0.15, -0.1) is 0 Å². The molecule has 23 heavy (non-hydrogen) atoms. The Morgan fingerprint density at radius 1 is 1.17 bits per heavy atom. The number of aromatic carboxylic acids is 1. The second kappa shape index (κ2) is 7.38. The highest BCUT2D eigenvalue weighted by molar-refractivity contribution is 14.1. The second-order valence-electron chi connectivity index (χ2n) is 6.27. The normalized spacial score (nSPS) is 11.3. The van der Waals surface area contributed by atoms with Gasteiger partial charge in [0.05, 0.1) is 3.57 Å². The number of hydrogen-bond donors (Lipinski definition) is 1. The van der Waals surface area contributed by atoms with Gasteiger partial charge < -0.3 is 9.84 Å². The molecule has 0 saturated heterocycles. The minimum atomic E-state index is -0.972. The number of halogens is 2. The molecule has 122 valence electrons. The van der Waals surface area contributed by atoms with Crippen molar-refractivity contribution in [3.05, 3.63) is 60.2 Å². The van der Waals surface area contributed by atoms with Crippen LogP contribution in [-0.2, 0) is 12.0 Å². The van der Waals surface area contributed by atoms with Crippen molar-refractivity contribution >= 4 is 51.2 Å². The summed E-state index contributed by atoms with van der Waals surface area (Å²) in [6.45, 7) is 6.82. The average molecular weight is 536 g/mol. The molecule has 0 spiro atoms. The average Bonchev–Trinajstić information content (AvgIpc) is 2.44. The predicted octanol–water partition coefficient (Wildman–Crippen LogP) is 5.47. The Kier molecular flexibility index (Phi) is 5.94. The Morgan fingerprint density at radius 3 is 2.43 bits per heavy atom. The van der Waals surface area contributed by atoms with Gasteiger partial charge in [-0.25, -0.2) is 4.79 Å². The van der Waals surface area contributed by atoms with Crippen molar-refractivity contribution in [3.8, 4) is 5.75 Å². The third kappa shape index (κ3) is 4.59. The lowest BCUT2D eigenvalue weighted by Crippen LogP contribution is -2.15. The number of ether oxygens (including phenoxy) is 1. The summed E-state index contributed by atoms with van der Waals surface area (Å²) in [6.07, 6.45) is 0. The van der Waals surface area contributed by atoms with E-state index in [0.717, 1.165) is 12.7 Å². The maximum absolute atomic E-state index is 11.5. The summed E-state index contributed by atoms with van der Waals surface area (Å²) in [5.74, 6) is -0.539. The van der Waals surface area contributed by atoms with Crippen molar-refractivity contribution in [3.63, 3.8) is 0 Å². The van der Waals surface area contributed by atoms with E-state index in [1.807, 2.05) is 24.3 Å². The maximum Gasteiger partial charge on any atom is 0.339 e. The molecule has 0 atom stereocenters. The van der Waals surface area contributed by atoms with Crippen LogP contribution in [-0.4, -0.2) is 11.1 Å². The van der Waals surface area contributed by atoms with Crippen LogP contribution in [0, 0.1) is 7.14 Å². The molecule has 0 amide bonds. The van der Waals surface area contributed by atoms with Gasteiger partial charge in [-0.3, -0.25) is 0 Å². The molecule has 5 heteroatoms. The van der Waals surface area contributed by atoms with Crippen molar-refractivity contribution in [2.75, 3.05) is 0 Å². The molecule has 2 aromatic rings. The number of rotatable bonds is 4. The fraction of sp³-hybridized carbons (Fsp3) is 0.278. The van der Waals surface area contributed by atoms with Gasteiger partial charge in [0, 0.05) is 3.57 Å². The van der Waals surface area contributed by atoms with Gasteiger partial charge in [-0.05, 0) is 73.9 Å². The minimum Gasteiger partial charge on any atom is -0.487 e. The van der Waals surface area contributed by atoms with Crippen molar-refractivity contribution in [1.29, 1.82) is 0 Å². The first-order valence-corrected chi connectivity index (χ1v) is 9.29. The van der Waals surface area contributed by atoms with Crippen LogP contribution < -0.4 is 4.74 Å². The summed E-state index contributed by atoms with van der Waals surface area (Å²) in [5.41, 5.74) is 2.49. The first-order chi connectivity index (χ1) is 10.7. The minimum absolute atomic E-state index is 0.00873. The van der Waals surface area contributed by atoms with Gasteiger partial charge in [0.15, 0.2) is 0 Å². The monoisotopic (exact) mass is 536 g/mol. The molecule has 0 unspecified atom stereocenters. The van der Waals surface area contributed by atoms with E-state index in [9.17, 15) is 9.90 Å². The SMILES string of the molecule is CC(C)(C)c1ccccc1COc1c(I)cc(I)cc1C(=O)O. The third-order valence-electron chi connectivity index (χ3n) is 3.44. The Bertz CT molecular complexity index is 734. The fourth-order valence-electron chi connectivity index (χ4n) is 2.39. The van der Waals surface area contributed by atoms with Crippen LogP contribution in [0.4, 0.5) is 0 Å². The van der Waals surface area contributed by atoms with Crippen molar-refractivity contribution in [2.45, 2.75) is 32.8 Å². The number of benzene rings is 2. The zero-order chi connectivity index (χ0) is 17.2. The van der Waals surface area contributed by atoms with E-state index in [0.29, 0.717) is 12.4 Å². The molecule has 0 radical (unpaired) electrons. The highest BCUT2D eigenvalue weighted by Gasteiger charge is 2.20. The maximum atomic E-state index is 11.5. The first-order valence-electron chi connectivity index (χ1n) is 7.13. The molecule has 0 aliphatic carbocycles. The summed E-state index contributed by atoms with van der Waals surface area (Å²) >= 11 is 4.23. The number of carboxylic acids is 1. The largest absolute Gasteiger partial charge is 0.487 e. The Labute approximate surface area is 163 Å². The molecule has 0 aromatic heterocycles. The van der Waals surface area contributed by atoms with Gasteiger partial charge in [0.2, 0.25) is 0 Å². The van der Waals surface area contributed by atoms with E-state index in [4.69, 9.17) is 4.74 Å². The first kappa shape index (κ1) is 18.5. The van der Waals surface area contributed by atoms with E-state index in [-0.39, 0.29) is 11.0 Å². The lowest BCUT2D eigenvalue weighted by atomic mass is 9.84. The Balaban J connectivity index is 2.35. The van der Waals surface area contributed by atoms with Gasteiger partial charge in [-0.1, -0.05) is 45.0 Å². The van der Waals surface area contributed by atoms with E-state index >= 15 is 0 Å². The number of carboxylic acid groups (broad SMARTS) is 1. The van der Waals surface area contributed by atoms with Crippen LogP contribution in [0.3, 0.4) is 0 Å². The smallest absolute Gasteiger partial charge is 0.339 e. The molecule has 0 fully saturated rings. The van der Waals surface area contributed by atoms with Crippen molar-refractivity contribution in [1.82, 2.24) is 0 Å². The zero-order valence-corrected chi connectivity index (χ0v) is 17.5. The molecule has 0 saturated carbocycles. The van der Waals surface area contributed by atoms with E-state index in [1.165, 1.54) is 5.56 Å². The van der Waals surface area contributed by atoms with Gasteiger partial charge in [0.1, 0.15) is 17.9 Å². The quantitative estimate of drug-likeness (QED) is 0.528. The molecule has 1 N–H and O–H groups in total. The molecular formula is C18H18I2O3. The summed E-state index contributed by atoms with van der Waals surface area (Å²) in [5, 5.41) is 9.41. The van der Waals surface area contributed by atoms with Crippen molar-refractivity contribution in [2.24, 2.45) is 0 Å². The molecule has 0 heterocycles. The van der Waals surface area contributed by atoms with Crippen LogP contribution in [0.2, 0.25) is 0 Å². The zero-order valence-electron chi connectivity index (χ0n) is 13.2. The van der Waals surface area contributed by atoms with Crippen LogP contribution in [0.1, 0.15) is 42.3 Å². The van der Waals surface area contributed by atoms with E-state index in [1.54, 1.807) is 6.07 Å². The summed E-state index contributed by atoms with van der Waals surface area (Å²) in [7, 11) is 0. The van der Waals surface area contributed by atoms with Crippen LogP contribution >= 0.6 is 45.2 Å². The molecule has 0 bridgehead atoms. The molecule has 3 nitrogen and oxygen atoms in total. The van der Waals surface area contributed by atoms with E-state index in [2.05, 4.69) is 72.0 Å². The van der Waals surface area contributed by atoms with Crippen LogP contribution in [0.25, 0.3) is 0 Å².